The van der Waals surface area contributed by atoms with Crippen LogP contribution in [0.5, 0.6) is 5.75 Å². The Bertz CT molecular complexity index is 1660. The third-order valence-electron chi connectivity index (χ3n) is 9.07. The Labute approximate surface area is 259 Å². The van der Waals surface area contributed by atoms with Crippen molar-refractivity contribution in [3.63, 3.8) is 0 Å². The minimum atomic E-state index is -1.10. The van der Waals surface area contributed by atoms with Gasteiger partial charge in [0.15, 0.2) is 0 Å². The van der Waals surface area contributed by atoms with Gasteiger partial charge in [0.25, 0.3) is 0 Å². The molecule has 2 aliphatic heterocycles. The molecule has 0 saturated carbocycles. The predicted octanol–water partition coefficient (Wildman–Crippen LogP) is 6.37. The number of carbonyl (C=O) groups is 2. The van der Waals surface area contributed by atoms with E-state index in [1.165, 1.54) is 7.11 Å². The van der Waals surface area contributed by atoms with Crippen LogP contribution in [0.15, 0.2) is 103 Å². The number of nitrogens with zero attached hydrogens (tertiary/aromatic N) is 2. The summed E-state index contributed by atoms with van der Waals surface area (Å²) >= 11 is 0. The quantitative estimate of drug-likeness (QED) is 0.211. The van der Waals surface area contributed by atoms with Gasteiger partial charge in [0, 0.05) is 32.3 Å². The minimum absolute atomic E-state index is 0.143. The molecule has 226 valence electrons. The molecule has 1 fully saturated rings. The average molecular weight is 591 g/mol. The van der Waals surface area contributed by atoms with Crippen molar-refractivity contribution in [2.45, 2.75) is 38.0 Å². The molecule has 1 spiro atoms. The standard InChI is InChI=1S/C37H38N2O5/c1-36(2,43-4)30-21-28(44-24-27-15-9-6-10-16-27)19-20-33(30)39-32-18-12-11-17-29(32)37(35(39)41)25-38(23-31(37)34(40)42-3)22-26-13-7-5-8-14-26/h5-21,31H,22-25H2,1-4H3. The van der Waals surface area contributed by atoms with Gasteiger partial charge in [0.1, 0.15) is 17.8 Å². The molecular formula is C37H38N2O5. The molecule has 4 aromatic carbocycles. The summed E-state index contributed by atoms with van der Waals surface area (Å²) in [6.45, 7) is 5.81. The van der Waals surface area contributed by atoms with Crippen molar-refractivity contribution in [2.75, 3.05) is 32.2 Å². The second-order valence-corrected chi connectivity index (χ2v) is 12.0. The van der Waals surface area contributed by atoms with Crippen LogP contribution in [0.2, 0.25) is 0 Å². The first-order valence-electron chi connectivity index (χ1n) is 14.9. The molecule has 7 heteroatoms. The molecule has 2 atom stereocenters. The van der Waals surface area contributed by atoms with Crippen molar-refractivity contribution in [2.24, 2.45) is 5.92 Å². The first-order valence-corrected chi connectivity index (χ1v) is 14.9. The summed E-state index contributed by atoms with van der Waals surface area (Å²) < 4.78 is 17.5. The molecule has 0 radical (unpaired) electrons. The molecule has 2 unspecified atom stereocenters. The maximum atomic E-state index is 15.0. The first kappa shape index (κ1) is 29.6. The fourth-order valence-electron chi connectivity index (χ4n) is 6.65. The lowest BCUT2D eigenvalue weighted by Gasteiger charge is -2.32. The highest BCUT2D eigenvalue weighted by Crippen LogP contribution is 2.54. The number of fused-ring (bicyclic) bond motifs is 2. The summed E-state index contributed by atoms with van der Waals surface area (Å²) in [6.07, 6.45) is 0. The molecule has 0 aromatic heterocycles. The maximum Gasteiger partial charge on any atom is 0.311 e. The third kappa shape index (κ3) is 5.16. The van der Waals surface area contributed by atoms with Crippen LogP contribution in [0.4, 0.5) is 11.4 Å². The van der Waals surface area contributed by atoms with Gasteiger partial charge >= 0.3 is 5.97 Å². The van der Waals surface area contributed by atoms with Crippen LogP contribution in [0.25, 0.3) is 0 Å². The lowest BCUT2D eigenvalue weighted by molar-refractivity contribution is -0.149. The molecule has 0 bridgehead atoms. The zero-order chi connectivity index (χ0) is 30.9. The summed E-state index contributed by atoms with van der Waals surface area (Å²) in [7, 11) is 3.06. The monoisotopic (exact) mass is 590 g/mol. The number of carbonyl (C=O) groups excluding carboxylic acids is 2. The summed E-state index contributed by atoms with van der Waals surface area (Å²) in [4.78, 5) is 32.4. The van der Waals surface area contributed by atoms with Crippen molar-refractivity contribution in [3.8, 4) is 5.75 Å². The van der Waals surface area contributed by atoms with Crippen molar-refractivity contribution in [1.29, 1.82) is 0 Å². The topological polar surface area (TPSA) is 68.3 Å². The average Bonchev–Trinajstić information content (AvgIpc) is 3.55. The van der Waals surface area contributed by atoms with Crippen molar-refractivity contribution in [3.05, 3.63) is 125 Å². The largest absolute Gasteiger partial charge is 0.489 e. The van der Waals surface area contributed by atoms with Gasteiger partial charge in [-0.05, 0) is 54.8 Å². The van der Waals surface area contributed by atoms with Gasteiger partial charge in [-0.2, -0.15) is 0 Å². The Balaban J connectivity index is 1.43. The number of ether oxygens (including phenoxy) is 3. The number of esters is 1. The highest BCUT2D eigenvalue weighted by Gasteiger charge is 2.63. The van der Waals surface area contributed by atoms with Crippen molar-refractivity contribution in [1.82, 2.24) is 4.90 Å². The van der Waals surface area contributed by atoms with Crippen LogP contribution in [-0.2, 0) is 43.2 Å². The predicted molar refractivity (Wildman–Crippen MR) is 170 cm³/mol. The number of rotatable bonds is 9. The molecule has 6 rings (SSSR count). The van der Waals surface area contributed by atoms with Gasteiger partial charge in [-0.15, -0.1) is 0 Å². The number of amides is 1. The van der Waals surface area contributed by atoms with E-state index >= 15 is 0 Å². The zero-order valence-corrected chi connectivity index (χ0v) is 25.7. The van der Waals surface area contributed by atoms with Crippen LogP contribution < -0.4 is 9.64 Å². The molecule has 0 aliphatic carbocycles. The van der Waals surface area contributed by atoms with E-state index in [-0.39, 0.29) is 11.9 Å². The second kappa shape index (κ2) is 11.9. The molecule has 2 heterocycles. The smallest absolute Gasteiger partial charge is 0.311 e. The van der Waals surface area contributed by atoms with E-state index in [0.29, 0.717) is 37.7 Å². The number of para-hydroxylation sites is 1. The number of likely N-dealkylation sites (tertiary alicyclic amines) is 1. The highest BCUT2D eigenvalue weighted by atomic mass is 16.5. The van der Waals surface area contributed by atoms with Gasteiger partial charge < -0.3 is 14.2 Å². The van der Waals surface area contributed by atoms with Crippen LogP contribution in [-0.4, -0.2) is 44.1 Å². The Morgan fingerprint density at radius 2 is 1.52 bits per heavy atom. The minimum Gasteiger partial charge on any atom is -0.489 e. The first-order chi connectivity index (χ1) is 21.3. The normalized spacial score (nSPS) is 19.8. The molecule has 44 heavy (non-hydrogen) atoms. The van der Waals surface area contributed by atoms with E-state index in [9.17, 15) is 9.59 Å². The third-order valence-corrected chi connectivity index (χ3v) is 9.07. The summed E-state index contributed by atoms with van der Waals surface area (Å²) in [5.41, 5.74) is 3.44. The second-order valence-electron chi connectivity index (χ2n) is 12.0. The lowest BCUT2D eigenvalue weighted by atomic mass is 9.73. The van der Waals surface area contributed by atoms with Crippen LogP contribution in [0, 0.1) is 5.92 Å². The lowest BCUT2D eigenvalue weighted by Crippen LogP contribution is -2.48. The fourth-order valence-corrected chi connectivity index (χ4v) is 6.65. The van der Waals surface area contributed by atoms with Crippen LogP contribution in [0.1, 0.15) is 36.1 Å². The van der Waals surface area contributed by atoms with E-state index in [1.54, 1.807) is 12.0 Å². The molecule has 1 amide bonds. The fraction of sp³-hybridized carbons (Fsp3) is 0.297. The zero-order valence-electron chi connectivity index (χ0n) is 25.7. The van der Waals surface area contributed by atoms with Crippen LogP contribution >= 0.6 is 0 Å². The number of hydrogen-bond donors (Lipinski definition) is 0. The van der Waals surface area contributed by atoms with Gasteiger partial charge in [0.2, 0.25) is 5.91 Å². The number of benzene rings is 4. The maximum absolute atomic E-state index is 15.0. The van der Waals surface area contributed by atoms with Crippen molar-refractivity contribution < 1.29 is 23.8 Å². The SMILES string of the molecule is COC(=O)C1CN(Cc2ccccc2)CC12C(=O)N(c1ccc(OCc3ccccc3)cc1C(C)(C)OC)c1ccccc12. The Hall–Kier alpha value is -4.46. The number of hydrogen-bond acceptors (Lipinski definition) is 6. The Morgan fingerprint density at radius 3 is 2.20 bits per heavy atom. The van der Waals surface area contributed by atoms with E-state index < -0.39 is 16.9 Å². The van der Waals surface area contributed by atoms with Gasteiger partial charge in [-0.1, -0.05) is 78.9 Å². The molecule has 7 nitrogen and oxygen atoms in total. The van der Waals surface area contributed by atoms with E-state index in [1.807, 2.05) is 105 Å². The molecular weight excluding hydrogens is 552 g/mol. The van der Waals surface area contributed by atoms with Gasteiger partial charge in [-0.25, -0.2) is 0 Å². The van der Waals surface area contributed by atoms with Gasteiger partial charge in [0.05, 0.1) is 30.0 Å². The summed E-state index contributed by atoms with van der Waals surface area (Å²) in [6, 6.07) is 33.7. The van der Waals surface area contributed by atoms with Crippen LogP contribution in [0.3, 0.4) is 0 Å². The van der Waals surface area contributed by atoms with Gasteiger partial charge in [-0.3, -0.25) is 19.4 Å². The van der Waals surface area contributed by atoms with E-state index in [4.69, 9.17) is 14.2 Å². The number of methoxy groups -OCH3 is 2. The van der Waals surface area contributed by atoms with E-state index in [0.717, 1.165) is 27.9 Å². The molecule has 1 saturated heterocycles. The Morgan fingerprint density at radius 1 is 0.864 bits per heavy atom. The number of anilines is 2. The molecule has 2 aliphatic rings. The van der Waals surface area contributed by atoms with E-state index in [2.05, 4.69) is 17.0 Å². The molecule has 4 aromatic rings. The highest BCUT2D eigenvalue weighted by molar-refractivity contribution is 6.15. The Kier molecular flexibility index (Phi) is 8.01. The summed E-state index contributed by atoms with van der Waals surface area (Å²) in [5, 5.41) is 0. The summed E-state index contributed by atoms with van der Waals surface area (Å²) in [5.74, 6) is -0.514. The van der Waals surface area contributed by atoms with Crippen molar-refractivity contribution >= 4 is 23.3 Å². The molecule has 0 N–H and O–H groups in total.